The molecule has 11 nitrogen and oxygen atoms in total. The van der Waals surface area contributed by atoms with Crippen molar-refractivity contribution < 1.29 is 34.2 Å². The van der Waals surface area contributed by atoms with E-state index < -0.39 is 23.6 Å². The third kappa shape index (κ3) is 10.4. The summed E-state index contributed by atoms with van der Waals surface area (Å²) in [6.45, 7) is 7.05. The number of phenols is 2. The van der Waals surface area contributed by atoms with E-state index in [1.165, 1.54) is 36.4 Å². The summed E-state index contributed by atoms with van der Waals surface area (Å²) in [4.78, 5) is 64.4. The normalized spacial score (nSPS) is 11.2. The van der Waals surface area contributed by atoms with Crippen LogP contribution in [0, 0.1) is 38.0 Å². The summed E-state index contributed by atoms with van der Waals surface area (Å²) in [5.74, 6) is -2.94. The van der Waals surface area contributed by atoms with Gasteiger partial charge in [-0.3, -0.25) is 24.0 Å². The lowest BCUT2D eigenvalue weighted by atomic mass is 9.94. The number of aryl methyl sites for hydroxylation is 1. The van der Waals surface area contributed by atoms with Crippen LogP contribution in [0.5, 0.6) is 11.5 Å². The number of nitrogens with one attached hydrogen (secondary N) is 3. The Hall–Kier alpha value is -6.28. The molecule has 11 heteroatoms. The van der Waals surface area contributed by atoms with Gasteiger partial charge in [-0.05, 0) is 80.8 Å². The van der Waals surface area contributed by atoms with Crippen molar-refractivity contribution in [1.82, 2.24) is 0 Å². The summed E-state index contributed by atoms with van der Waals surface area (Å²) in [5, 5.41) is 38.5. The lowest BCUT2D eigenvalue weighted by Gasteiger charge is -2.15. The highest BCUT2D eigenvalue weighted by Crippen LogP contribution is 2.32. The Kier molecular flexibility index (Phi) is 13.6. The van der Waals surface area contributed by atoms with Gasteiger partial charge in [0.05, 0.1) is 17.6 Å². The maximum Gasteiger partial charge on any atom is 0.259 e. The predicted molar refractivity (Wildman–Crippen MR) is 203 cm³/mol. The fraction of sp³-hybridized carbons (Fsp3) is 0.286. The minimum atomic E-state index is -0.913. The molecule has 53 heavy (non-hydrogen) atoms. The molecule has 0 heterocycles. The Labute approximate surface area is 309 Å². The van der Waals surface area contributed by atoms with Gasteiger partial charge in [0.1, 0.15) is 17.3 Å². The second-order valence-electron chi connectivity index (χ2n) is 13.1. The van der Waals surface area contributed by atoms with Gasteiger partial charge in [0.25, 0.3) is 11.8 Å². The van der Waals surface area contributed by atoms with Crippen LogP contribution < -0.4 is 16.0 Å². The van der Waals surface area contributed by atoms with E-state index in [-0.39, 0.29) is 58.3 Å². The monoisotopic (exact) mass is 716 g/mol. The summed E-state index contributed by atoms with van der Waals surface area (Å²) in [6, 6.07) is 20.9. The SMILES string of the molecule is CCCCCC(=O)Cc1ccc(C(=O)CC(CC#N)C(=O)Nc2ccc(C(=O)Nc3ccc(C(=O)Nc4ccc(C)c(O)c4C)c(O)c3C)cc2)cc1. The standard InChI is InChI=1S/C42H44N4O7/c1-5-6-7-8-33(47)23-28-10-12-29(13-11-28)37(48)24-31(21-22-43)41(52)44-32-16-14-30(15-17-32)40(51)45-36-20-18-34(39(50)27(36)4)42(53)46-35-19-9-25(2)38(49)26(35)3/h9-20,31,49-50H,5-8,21,23-24H2,1-4H3,(H,44,52)(H,45,51)(H,46,53). The van der Waals surface area contributed by atoms with Gasteiger partial charge in [0.15, 0.2) is 5.78 Å². The molecule has 0 spiro atoms. The number of unbranched alkanes of at least 4 members (excludes halogenated alkanes) is 2. The molecule has 4 aromatic carbocycles. The molecule has 0 saturated heterocycles. The van der Waals surface area contributed by atoms with Crippen LogP contribution >= 0.6 is 0 Å². The van der Waals surface area contributed by atoms with E-state index in [1.54, 1.807) is 57.2 Å². The van der Waals surface area contributed by atoms with Crippen molar-refractivity contribution in [3.8, 4) is 17.6 Å². The number of benzene rings is 4. The topological polar surface area (TPSA) is 186 Å². The minimum absolute atomic E-state index is 0.0180. The van der Waals surface area contributed by atoms with Crippen LogP contribution in [0.25, 0.3) is 0 Å². The number of amides is 3. The van der Waals surface area contributed by atoms with E-state index >= 15 is 0 Å². The molecule has 0 saturated carbocycles. The van der Waals surface area contributed by atoms with Crippen molar-refractivity contribution in [3.05, 3.63) is 112 Å². The molecule has 5 N–H and O–H groups in total. The zero-order chi connectivity index (χ0) is 38.7. The van der Waals surface area contributed by atoms with Gasteiger partial charge in [-0.1, -0.05) is 50.1 Å². The molecule has 1 atom stereocenters. The quantitative estimate of drug-likeness (QED) is 0.0571. The van der Waals surface area contributed by atoms with Gasteiger partial charge >= 0.3 is 0 Å². The van der Waals surface area contributed by atoms with E-state index in [9.17, 15) is 39.4 Å². The van der Waals surface area contributed by atoms with Crippen LogP contribution in [0.4, 0.5) is 17.1 Å². The Morgan fingerprint density at radius 3 is 1.96 bits per heavy atom. The molecule has 0 radical (unpaired) electrons. The van der Waals surface area contributed by atoms with Crippen LogP contribution in [-0.4, -0.2) is 39.5 Å². The van der Waals surface area contributed by atoms with Crippen molar-refractivity contribution >= 4 is 46.4 Å². The number of nitrogens with zero attached hydrogens (tertiary/aromatic N) is 1. The molecule has 0 aromatic heterocycles. The van der Waals surface area contributed by atoms with E-state index in [0.29, 0.717) is 40.9 Å². The highest BCUT2D eigenvalue weighted by molar-refractivity contribution is 6.09. The summed E-state index contributed by atoms with van der Waals surface area (Å²) in [6.07, 6.45) is 3.39. The Morgan fingerprint density at radius 1 is 0.717 bits per heavy atom. The molecule has 0 aliphatic heterocycles. The van der Waals surface area contributed by atoms with Crippen molar-refractivity contribution in [3.63, 3.8) is 0 Å². The number of Topliss-reactive ketones (excluding diaryl/α,β-unsaturated/α-hetero) is 2. The van der Waals surface area contributed by atoms with Crippen LogP contribution in [0.2, 0.25) is 0 Å². The molecule has 3 amide bonds. The number of hydrogen-bond acceptors (Lipinski definition) is 8. The molecule has 4 aromatic rings. The van der Waals surface area contributed by atoms with Gasteiger partial charge in [0, 0.05) is 65.0 Å². The van der Waals surface area contributed by atoms with E-state index in [1.807, 2.05) is 6.07 Å². The molecule has 274 valence electrons. The van der Waals surface area contributed by atoms with Crippen molar-refractivity contribution in [2.24, 2.45) is 5.92 Å². The number of hydrogen-bond donors (Lipinski definition) is 5. The fourth-order valence-electron chi connectivity index (χ4n) is 5.73. The molecule has 0 aliphatic rings. The minimum Gasteiger partial charge on any atom is -0.507 e. The lowest BCUT2D eigenvalue weighted by Crippen LogP contribution is -2.25. The van der Waals surface area contributed by atoms with E-state index in [4.69, 9.17) is 0 Å². The molecule has 4 rings (SSSR count). The fourth-order valence-corrected chi connectivity index (χ4v) is 5.73. The first-order chi connectivity index (χ1) is 25.3. The van der Waals surface area contributed by atoms with Crippen LogP contribution in [0.15, 0.2) is 72.8 Å². The second-order valence-corrected chi connectivity index (χ2v) is 13.1. The van der Waals surface area contributed by atoms with Crippen molar-refractivity contribution in [1.29, 1.82) is 5.26 Å². The number of carbonyl (C=O) groups excluding carboxylic acids is 5. The van der Waals surface area contributed by atoms with Crippen LogP contribution in [0.1, 0.15) is 98.8 Å². The molecular formula is C42H44N4O7. The summed E-state index contributed by atoms with van der Waals surface area (Å²) in [5.41, 5.74) is 3.87. The Balaban J connectivity index is 1.34. The highest BCUT2D eigenvalue weighted by atomic mass is 16.3. The summed E-state index contributed by atoms with van der Waals surface area (Å²) >= 11 is 0. The Bertz CT molecular complexity index is 2050. The molecule has 0 bridgehead atoms. The highest BCUT2D eigenvalue weighted by Gasteiger charge is 2.24. The average molecular weight is 717 g/mol. The number of nitriles is 1. The second kappa shape index (κ2) is 18.3. The van der Waals surface area contributed by atoms with E-state index in [2.05, 4.69) is 22.9 Å². The van der Waals surface area contributed by atoms with Crippen LogP contribution in [-0.2, 0) is 16.0 Å². The number of carbonyl (C=O) groups is 5. The van der Waals surface area contributed by atoms with Gasteiger partial charge in [-0.25, -0.2) is 0 Å². The average Bonchev–Trinajstić information content (AvgIpc) is 3.14. The predicted octanol–water partition coefficient (Wildman–Crippen LogP) is 7.96. The van der Waals surface area contributed by atoms with E-state index in [0.717, 1.165) is 24.8 Å². The third-order valence-electron chi connectivity index (χ3n) is 9.10. The third-order valence-corrected chi connectivity index (χ3v) is 9.10. The number of aromatic hydroxyl groups is 2. The summed E-state index contributed by atoms with van der Waals surface area (Å²) < 4.78 is 0. The van der Waals surface area contributed by atoms with Gasteiger partial charge < -0.3 is 26.2 Å². The zero-order valence-electron chi connectivity index (χ0n) is 30.3. The maximum atomic E-state index is 13.1. The smallest absolute Gasteiger partial charge is 0.259 e. The van der Waals surface area contributed by atoms with Crippen molar-refractivity contribution in [2.45, 2.75) is 72.6 Å². The number of anilines is 3. The molecule has 1 unspecified atom stereocenters. The largest absolute Gasteiger partial charge is 0.507 e. The summed E-state index contributed by atoms with van der Waals surface area (Å²) in [7, 11) is 0. The van der Waals surface area contributed by atoms with Gasteiger partial charge in [0.2, 0.25) is 5.91 Å². The number of ketones is 2. The zero-order valence-corrected chi connectivity index (χ0v) is 30.3. The maximum absolute atomic E-state index is 13.1. The molecular weight excluding hydrogens is 672 g/mol. The first kappa shape index (κ1) is 39.5. The first-order valence-corrected chi connectivity index (χ1v) is 17.5. The van der Waals surface area contributed by atoms with Crippen molar-refractivity contribution in [2.75, 3.05) is 16.0 Å². The van der Waals surface area contributed by atoms with Gasteiger partial charge in [-0.15, -0.1) is 0 Å². The van der Waals surface area contributed by atoms with Crippen LogP contribution in [0.3, 0.4) is 0 Å². The number of phenolic OH excluding ortho intramolecular Hbond substituents is 2. The lowest BCUT2D eigenvalue weighted by molar-refractivity contribution is -0.120. The first-order valence-electron chi connectivity index (χ1n) is 17.5. The molecule has 0 aliphatic carbocycles. The van der Waals surface area contributed by atoms with Gasteiger partial charge in [-0.2, -0.15) is 5.26 Å². The number of rotatable bonds is 16. The molecule has 0 fully saturated rings. The Morgan fingerprint density at radius 2 is 1.32 bits per heavy atom.